The van der Waals surface area contributed by atoms with Crippen LogP contribution in [0.15, 0.2) is 30.3 Å². The maximum atomic E-state index is 10.9. The molecule has 4 N–H and O–H groups in total. The van der Waals surface area contributed by atoms with Crippen molar-refractivity contribution in [3.63, 3.8) is 0 Å². The predicted molar refractivity (Wildman–Crippen MR) is 55.0 cm³/mol. The molecular weight excluding hydrogens is 186 g/mol. The van der Waals surface area contributed by atoms with E-state index in [0.29, 0.717) is 0 Å². The van der Waals surface area contributed by atoms with Gasteiger partial charge in [0.05, 0.1) is 0 Å². The molecular formula is C8H9N3OS. The third-order valence-corrected chi connectivity index (χ3v) is 1.66. The Hall–Kier alpha value is -1.46. The third kappa shape index (κ3) is 2.81. The normalized spacial score (nSPS) is 9.00. The lowest BCUT2D eigenvalue weighted by Crippen LogP contribution is -2.38. The first kappa shape index (κ1) is 9.63. The molecule has 0 bridgehead atoms. The molecule has 1 aromatic rings. The molecule has 1 aromatic carbocycles. The van der Waals surface area contributed by atoms with Crippen LogP contribution in [0.4, 0.5) is 5.69 Å². The molecule has 0 radical (unpaired) electrons. The Bertz CT molecular complexity index is 312. The third-order valence-electron chi connectivity index (χ3n) is 1.37. The molecule has 0 saturated heterocycles. The highest BCUT2D eigenvalue weighted by Crippen LogP contribution is 2.04. The van der Waals surface area contributed by atoms with Crippen LogP contribution in [-0.4, -0.2) is 10.9 Å². The van der Waals surface area contributed by atoms with Gasteiger partial charge in [0, 0.05) is 5.69 Å². The lowest BCUT2D eigenvalue weighted by atomic mass is 10.3. The Morgan fingerprint density at radius 3 is 2.46 bits per heavy atom. The first-order valence-electron chi connectivity index (χ1n) is 3.61. The average molecular weight is 195 g/mol. The van der Waals surface area contributed by atoms with Gasteiger partial charge in [-0.1, -0.05) is 30.4 Å². The van der Waals surface area contributed by atoms with Crippen molar-refractivity contribution < 1.29 is 4.79 Å². The van der Waals surface area contributed by atoms with Crippen LogP contribution in [0, 0.1) is 0 Å². The SMILES string of the molecule is NNC(=O)C(=S)Nc1ccccc1. The Morgan fingerprint density at radius 2 is 1.92 bits per heavy atom. The fourth-order valence-electron chi connectivity index (χ4n) is 0.775. The number of hydrogen-bond acceptors (Lipinski definition) is 3. The van der Waals surface area contributed by atoms with E-state index in [0.717, 1.165) is 5.69 Å². The minimum absolute atomic E-state index is 0.0497. The minimum atomic E-state index is -0.501. The molecule has 1 amide bonds. The van der Waals surface area contributed by atoms with E-state index in [2.05, 4.69) is 5.32 Å². The summed E-state index contributed by atoms with van der Waals surface area (Å²) in [6, 6.07) is 9.15. The fourth-order valence-corrected chi connectivity index (χ4v) is 0.952. The van der Waals surface area contributed by atoms with E-state index in [1.165, 1.54) is 0 Å². The van der Waals surface area contributed by atoms with Crippen molar-refractivity contribution in [2.24, 2.45) is 5.84 Å². The maximum absolute atomic E-state index is 10.9. The van der Waals surface area contributed by atoms with E-state index >= 15 is 0 Å². The molecule has 0 aliphatic rings. The number of benzene rings is 1. The van der Waals surface area contributed by atoms with Crippen molar-refractivity contribution in [1.82, 2.24) is 5.43 Å². The first-order valence-corrected chi connectivity index (χ1v) is 4.02. The zero-order valence-electron chi connectivity index (χ0n) is 6.78. The number of carbonyl (C=O) groups excluding carboxylic acids is 1. The van der Waals surface area contributed by atoms with Gasteiger partial charge in [-0.25, -0.2) is 5.84 Å². The van der Waals surface area contributed by atoms with Crippen LogP contribution in [-0.2, 0) is 4.79 Å². The van der Waals surface area contributed by atoms with E-state index in [-0.39, 0.29) is 4.99 Å². The van der Waals surface area contributed by atoms with Gasteiger partial charge in [0.25, 0.3) is 5.91 Å². The van der Waals surface area contributed by atoms with Crippen LogP contribution < -0.4 is 16.6 Å². The number of para-hydroxylation sites is 1. The van der Waals surface area contributed by atoms with E-state index in [4.69, 9.17) is 18.1 Å². The van der Waals surface area contributed by atoms with Gasteiger partial charge >= 0.3 is 0 Å². The summed E-state index contributed by atoms with van der Waals surface area (Å²) in [5.74, 6) is 4.40. The summed E-state index contributed by atoms with van der Waals surface area (Å²) >= 11 is 4.75. The second-order valence-electron chi connectivity index (χ2n) is 2.29. The molecule has 0 atom stereocenters. The summed E-state index contributed by atoms with van der Waals surface area (Å²) in [4.78, 5) is 10.9. The number of carbonyl (C=O) groups is 1. The van der Waals surface area contributed by atoms with Gasteiger partial charge in [-0.15, -0.1) is 0 Å². The molecule has 0 fully saturated rings. The minimum Gasteiger partial charge on any atom is -0.342 e. The number of anilines is 1. The summed E-state index contributed by atoms with van der Waals surface area (Å²) in [6.45, 7) is 0. The number of hydrazine groups is 1. The topological polar surface area (TPSA) is 67.1 Å². The van der Waals surface area contributed by atoms with Crippen LogP contribution in [0.3, 0.4) is 0 Å². The monoisotopic (exact) mass is 195 g/mol. The van der Waals surface area contributed by atoms with Gasteiger partial charge in [0.2, 0.25) is 0 Å². The highest BCUT2D eigenvalue weighted by Gasteiger charge is 2.05. The van der Waals surface area contributed by atoms with Crippen molar-refractivity contribution in [2.45, 2.75) is 0 Å². The second kappa shape index (κ2) is 4.54. The van der Waals surface area contributed by atoms with Crippen molar-refractivity contribution in [3.8, 4) is 0 Å². The molecule has 68 valence electrons. The van der Waals surface area contributed by atoms with E-state index < -0.39 is 5.91 Å². The van der Waals surface area contributed by atoms with Gasteiger partial charge in [-0.05, 0) is 12.1 Å². The van der Waals surface area contributed by atoms with Crippen molar-refractivity contribution in [1.29, 1.82) is 0 Å². The number of nitrogens with one attached hydrogen (secondary N) is 2. The summed E-state index contributed by atoms with van der Waals surface area (Å²) in [6.07, 6.45) is 0. The van der Waals surface area contributed by atoms with Crippen LogP contribution in [0.25, 0.3) is 0 Å². The van der Waals surface area contributed by atoms with Gasteiger partial charge < -0.3 is 5.32 Å². The lowest BCUT2D eigenvalue weighted by Gasteiger charge is -2.05. The van der Waals surface area contributed by atoms with E-state index in [1.54, 1.807) is 12.1 Å². The number of nitrogens with two attached hydrogens (primary N) is 1. The predicted octanol–water partition coefficient (Wildman–Crippen LogP) is 0.416. The number of thiocarbonyl (C=S) groups is 1. The Kier molecular flexibility index (Phi) is 3.36. The summed E-state index contributed by atoms with van der Waals surface area (Å²) < 4.78 is 0. The maximum Gasteiger partial charge on any atom is 0.292 e. The van der Waals surface area contributed by atoms with E-state index in [1.807, 2.05) is 23.6 Å². The number of rotatable bonds is 1. The Balaban J connectivity index is 2.60. The zero-order valence-corrected chi connectivity index (χ0v) is 7.60. The molecule has 4 nitrogen and oxygen atoms in total. The van der Waals surface area contributed by atoms with Gasteiger partial charge in [-0.2, -0.15) is 0 Å². The number of hydrogen-bond donors (Lipinski definition) is 3. The van der Waals surface area contributed by atoms with Gasteiger partial charge in [0.1, 0.15) is 0 Å². The molecule has 13 heavy (non-hydrogen) atoms. The molecule has 0 saturated carbocycles. The van der Waals surface area contributed by atoms with Crippen molar-refractivity contribution in [3.05, 3.63) is 30.3 Å². The molecule has 0 spiro atoms. The summed E-state index contributed by atoms with van der Waals surface area (Å²) in [7, 11) is 0. The van der Waals surface area contributed by atoms with Crippen molar-refractivity contribution in [2.75, 3.05) is 5.32 Å². The highest BCUT2D eigenvalue weighted by atomic mass is 32.1. The van der Waals surface area contributed by atoms with Crippen molar-refractivity contribution >= 4 is 28.8 Å². The fraction of sp³-hybridized carbons (Fsp3) is 0. The molecule has 0 unspecified atom stereocenters. The van der Waals surface area contributed by atoms with Crippen LogP contribution in [0.2, 0.25) is 0 Å². The Labute approximate surface area is 81.1 Å². The van der Waals surface area contributed by atoms with E-state index in [9.17, 15) is 4.79 Å². The smallest absolute Gasteiger partial charge is 0.292 e. The molecule has 0 heterocycles. The van der Waals surface area contributed by atoms with Crippen LogP contribution in [0.1, 0.15) is 0 Å². The standard InChI is InChI=1S/C8H9N3OS/c9-11-7(12)8(13)10-6-4-2-1-3-5-6/h1-5H,9H2,(H,10,13)(H,11,12). The van der Waals surface area contributed by atoms with Gasteiger partial charge in [0.15, 0.2) is 4.99 Å². The lowest BCUT2D eigenvalue weighted by molar-refractivity contribution is -0.114. The first-order chi connectivity index (χ1) is 6.24. The molecule has 0 aromatic heterocycles. The second-order valence-corrected chi connectivity index (χ2v) is 2.70. The molecule has 0 aliphatic heterocycles. The zero-order chi connectivity index (χ0) is 9.68. The average Bonchev–Trinajstić information content (AvgIpc) is 2.18. The largest absolute Gasteiger partial charge is 0.342 e. The quantitative estimate of drug-likeness (QED) is 0.263. The Morgan fingerprint density at radius 1 is 1.31 bits per heavy atom. The molecule has 0 aliphatic carbocycles. The summed E-state index contributed by atoms with van der Waals surface area (Å²) in [5, 5.41) is 2.73. The van der Waals surface area contributed by atoms with Crippen LogP contribution in [0.5, 0.6) is 0 Å². The van der Waals surface area contributed by atoms with Crippen LogP contribution >= 0.6 is 12.2 Å². The molecule has 5 heteroatoms. The highest BCUT2D eigenvalue weighted by molar-refractivity contribution is 7.82. The molecule has 1 rings (SSSR count). The number of amides is 1. The van der Waals surface area contributed by atoms with Gasteiger partial charge in [-0.3, -0.25) is 10.2 Å². The summed E-state index contributed by atoms with van der Waals surface area (Å²) in [5.41, 5.74) is 2.70.